The van der Waals surface area contributed by atoms with Crippen LogP contribution in [0.4, 0.5) is 0 Å². The standard InChI is InChI=1S/C17H30N4O/c1-13(2)20-8-6-7-14(11-20)9-18-16(22)15-10-19-21(12-15)17(3,4)5/h10,12-14H,6-9,11H2,1-5H3,(H,18,22)/t14-/m1/s1. The highest BCUT2D eigenvalue weighted by Crippen LogP contribution is 2.18. The molecule has 2 heterocycles. The summed E-state index contributed by atoms with van der Waals surface area (Å²) in [4.78, 5) is 14.8. The highest BCUT2D eigenvalue weighted by Gasteiger charge is 2.22. The third-order valence-corrected chi connectivity index (χ3v) is 4.36. The van der Waals surface area contributed by atoms with Crippen LogP contribution >= 0.6 is 0 Å². The first-order valence-corrected chi connectivity index (χ1v) is 8.35. The maximum atomic E-state index is 12.3. The summed E-state index contributed by atoms with van der Waals surface area (Å²) in [5.74, 6) is 0.537. The summed E-state index contributed by atoms with van der Waals surface area (Å²) in [6, 6.07) is 0.587. The van der Waals surface area contributed by atoms with Gasteiger partial charge in [0.25, 0.3) is 5.91 Å². The molecule has 2 rings (SSSR count). The van der Waals surface area contributed by atoms with Crippen LogP contribution in [0.15, 0.2) is 12.4 Å². The van der Waals surface area contributed by atoms with Crippen molar-refractivity contribution in [3.8, 4) is 0 Å². The molecule has 1 saturated heterocycles. The van der Waals surface area contributed by atoms with Crippen molar-refractivity contribution in [3.63, 3.8) is 0 Å². The second kappa shape index (κ2) is 6.82. The lowest BCUT2D eigenvalue weighted by Crippen LogP contribution is -2.43. The average molecular weight is 306 g/mol. The zero-order valence-corrected chi connectivity index (χ0v) is 14.6. The molecule has 1 aromatic heterocycles. The van der Waals surface area contributed by atoms with E-state index in [0.717, 1.165) is 13.1 Å². The molecule has 0 aliphatic carbocycles. The number of aromatic nitrogens is 2. The predicted octanol–water partition coefficient (Wildman–Crippen LogP) is 2.49. The predicted molar refractivity (Wildman–Crippen MR) is 89.0 cm³/mol. The van der Waals surface area contributed by atoms with Crippen molar-refractivity contribution >= 4 is 5.91 Å². The molecule has 1 aliphatic rings. The molecule has 5 nitrogen and oxygen atoms in total. The molecule has 1 amide bonds. The Hall–Kier alpha value is -1.36. The molecular weight excluding hydrogens is 276 g/mol. The van der Waals surface area contributed by atoms with Gasteiger partial charge in [0.2, 0.25) is 0 Å². The van der Waals surface area contributed by atoms with E-state index in [4.69, 9.17) is 0 Å². The minimum atomic E-state index is -0.0976. The molecule has 1 atom stereocenters. The van der Waals surface area contributed by atoms with Crippen molar-refractivity contribution in [1.29, 1.82) is 0 Å². The van der Waals surface area contributed by atoms with Gasteiger partial charge < -0.3 is 10.2 Å². The van der Waals surface area contributed by atoms with Crippen molar-refractivity contribution in [2.24, 2.45) is 5.92 Å². The van der Waals surface area contributed by atoms with Crippen molar-refractivity contribution in [1.82, 2.24) is 20.0 Å². The van der Waals surface area contributed by atoms with Crippen LogP contribution in [0, 0.1) is 5.92 Å². The highest BCUT2D eigenvalue weighted by atomic mass is 16.1. The zero-order chi connectivity index (χ0) is 16.3. The number of piperidine rings is 1. The number of nitrogens with zero attached hydrogens (tertiary/aromatic N) is 3. The second-order valence-corrected chi connectivity index (χ2v) is 7.65. The molecule has 1 N–H and O–H groups in total. The van der Waals surface area contributed by atoms with Crippen molar-refractivity contribution in [3.05, 3.63) is 18.0 Å². The molecule has 1 fully saturated rings. The van der Waals surface area contributed by atoms with E-state index in [0.29, 0.717) is 17.5 Å². The van der Waals surface area contributed by atoms with Gasteiger partial charge in [0, 0.05) is 25.3 Å². The molecule has 0 radical (unpaired) electrons. The Morgan fingerprint density at radius 2 is 2.18 bits per heavy atom. The average Bonchev–Trinajstić information content (AvgIpc) is 2.95. The molecule has 0 spiro atoms. The lowest BCUT2D eigenvalue weighted by Gasteiger charge is -2.35. The number of hydrogen-bond acceptors (Lipinski definition) is 3. The van der Waals surface area contributed by atoms with E-state index >= 15 is 0 Å². The maximum Gasteiger partial charge on any atom is 0.254 e. The van der Waals surface area contributed by atoms with Crippen LogP contribution in [0.25, 0.3) is 0 Å². The summed E-state index contributed by atoms with van der Waals surface area (Å²) in [6.45, 7) is 13.7. The van der Waals surface area contributed by atoms with E-state index in [1.165, 1.54) is 19.4 Å². The number of carbonyl (C=O) groups is 1. The molecule has 124 valence electrons. The molecule has 1 aromatic rings. The molecule has 5 heteroatoms. The molecule has 22 heavy (non-hydrogen) atoms. The van der Waals surface area contributed by atoms with Gasteiger partial charge in [-0.05, 0) is 59.9 Å². The van der Waals surface area contributed by atoms with Crippen LogP contribution in [0.3, 0.4) is 0 Å². The fourth-order valence-electron chi connectivity index (χ4n) is 2.88. The van der Waals surface area contributed by atoms with Crippen molar-refractivity contribution in [2.75, 3.05) is 19.6 Å². The van der Waals surface area contributed by atoms with Gasteiger partial charge in [-0.25, -0.2) is 0 Å². The van der Waals surface area contributed by atoms with Gasteiger partial charge >= 0.3 is 0 Å². The summed E-state index contributed by atoms with van der Waals surface area (Å²) < 4.78 is 1.84. The quantitative estimate of drug-likeness (QED) is 0.930. The van der Waals surface area contributed by atoms with E-state index in [2.05, 4.69) is 49.9 Å². The van der Waals surface area contributed by atoms with E-state index in [9.17, 15) is 4.79 Å². The summed E-state index contributed by atoms with van der Waals surface area (Å²) in [5.41, 5.74) is 0.547. The first kappa shape index (κ1) is 17.0. The third kappa shape index (κ3) is 4.32. The number of likely N-dealkylation sites (tertiary alicyclic amines) is 1. The van der Waals surface area contributed by atoms with Crippen LogP contribution in [0.2, 0.25) is 0 Å². The fourth-order valence-corrected chi connectivity index (χ4v) is 2.88. The van der Waals surface area contributed by atoms with Gasteiger partial charge in [-0.15, -0.1) is 0 Å². The van der Waals surface area contributed by atoms with Gasteiger partial charge in [0.05, 0.1) is 17.3 Å². The van der Waals surface area contributed by atoms with Gasteiger partial charge in [-0.3, -0.25) is 9.48 Å². The van der Waals surface area contributed by atoms with Crippen LogP contribution < -0.4 is 5.32 Å². The lowest BCUT2D eigenvalue weighted by atomic mass is 9.97. The molecular formula is C17H30N4O. The molecule has 0 aromatic carbocycles. The highest BCUT2D eigenvalue weighted by molar-refractivity contribution is 5.93. The monoisotopic (exact) mass is 306 g/mol. The topological polar surface area (TPSA) is 50.2 Å². The molecule has 0 unspecified atom stereocenters. The summed E-state index contributed by atoms with van der Waals surface area (Å²) in [5, 5.41) is 7.36. The SMILES string of the molecule is CC(C)N1CCC[C@H](CNC(=O)c2cnn(C(C)(C)C)c2)C1. The maximum absolute atomic E-state index is 12.3. The summed E-state index contributed by atoms with van der Waals surface area (Å²) in [7, 11) is 0. The van der Waals surface area contributed by atoms with E-state index in [1.807, 2.05) is 10.9 Å². The fraction of sp³-hybridized carbons (Fsp3) is 0.765. The van der Waals surface area contributed by atoms with E-state index in [-0.39, 0.29) is 11.4 Å². The lowest BCUT2D eigenvalue weighted by molar-refractivity contribution is 0.0922. The summed E-state index contributed by atoms with van der Waals surface area (Å²) in [6.07, 6.45) is 5.91. The Morgan fingerprint density at radius 3 is 2.77 bits per heavy atom. The molecule has 0 saturated carbocycles. The Labute approximate surface area is 134 Å². The Kier molecular flexibility index (Phi) is 5.27. The van der Waals surface area contributed by atoms with Crippen molar-refractivity contribution in [2.45, 2.75) is 59.0 Å². The first-order chi connectivity index (χ1) is 10.3. The minimum Gasteiger partial charge on any atom is -0.352 e. The molecule has 0 bridgehead atoms. The number of hydrogen-bond donors (Lipinski definition) is 1. The van der Waals surface area contributed by atoms with Crippen LogP contribution in [0.5, 0.6) is 0 Å². The largest absolute Gasteiger partial charge is 0.352 e. The minimum absolute atomic E-state index is 0.0165. The van der Waals surface area contributed by atoms with Crippen LogP contribution in [-0.2, 0) is 5.54 Å². The Morgan fingerprint density at radius 1 is 1.45 bits per heavy atom. The number of nitrogens with one attached hydrogen (secondary N) is 1. The van der Waals surface area contributed by atoms with Gasteiger partial charge in [0.15, 0.2) is 0 Å². The smallest absolute Gasteiger partial charge is 0.254 e. The molecule has 1 aliphatic heterocycles. The second-order valence-electron chi connectivity index (χ2n) is 7.65. The normalized spacial score (nSPS) is 20.4. The van der Waals surface area contributed by atoms with Gasteiger partial charge in [-0.1, -0.05) is 0 Å². The summed E-state index contributed by atoms with van der Waals surface area (Å²) >= 11 is 0. The number of rotatable bonds is 4. The Bertz CT molecular complexity index is 501. The van der Waals surface area contributed by atoms with Gasteiger partial charge in [0.1, 0.15) is 0 Å². The zero-order valence-electron chi connectivity index (χ0n) is 14.6. The van der Waals surface area contributed by atoms with E-state index in [1.54, 1.807) is 6.20 Å². The third-order valence-electron chi connectivity index (χ3n) is 4.36. The van der Waals surface area contributed by atoms with Gasteiger partial charge in [-0.2, -0.15) is 5.10 Å². The van der Waals surface area contributed by atoms with Crippen molar-refractivity contribution < 1.29 is 4.79 Å². The number of amides is 1. The van der Waals surface area contributed by atoms with E-state index < -0.39 is 0 Å². The van der Waals surface area contributed by atoms with Crippen LogP contribution in [0.1, 0.15) is 57.8 Å². The first-order valence-electron chi connectivity index (χ1n) is 8.35. The van der Waals surface area contributed by atoms with Crippen LogP contribution in [-0.4, -0.2) is 46.3 Å². The number of carbonyl (C=O) groups excluding carboxylic acids is 1. The Balaban J connectivity index is 1.86.